The van der Waals surface area contributed by atoms with Gasteiger partial charge in [-0.15, -0.1) is 0 Å². The van der Waals surface area contributed by atoms with E-state index in [-0.39, 0.29) is 12.5 Å². The van der Waals surface area contributed by atoms with Crippen molar-refractivity contribution >= 4 is 12.0 Å². The summed E-state index contributed by atoms with van der Waals surface area (Å²) in [7, 11) is 1.54. The zero-order valence-corrected chi connectivity index (χ0v) is 10.3. The van der Waals surface area contributed by atoms with E-state index in [9.17, 15) is 9.59 Å². The van der Waals surface area contributed by atoms with Gasteiger partial charge in [0, 0.05) is 13.1 Å². The van der Waals surface area contributed by atoms with Crippen molar-refractivity contribution in [1.82, 2.24) is 10.2 Å². The summed E-state index contributed by atoms with van der Waals surface area (Å²) in [6.45, 7) is 0.0160. The first-order valence-electron chi connectivity index (χ1n) is 5.92. The number of hydrogen-bond acceptors (Lipinski definition) is 3. The Hall–Kier alpha value is -2.04. The minimum Gasteiger partial charge on any atom is -0.410 e. The first kappa shape index (κ1) is 12.4. The number of amides is 2. The van der Waals surface area contributed by atoms with Gasteiger partial charge in [-0.1, -0.05) is 18.2 Å². The van der Waals surface area contributed by atoms with Crippen LogP contribution in [0.4, 0.5) is 4.79 Å². The number of hydrogen-bond donors (Lipinski definition) is 1. The zero-order chi connectivity index (χ0) is 13.0. The Balaban J connectivity index is 1.78. The second-order valence-corrected chi connectivity index (χ2v) is 4.38. The topological polar surface area (TPSA) is 58.6 Å². The molecule has 0 heterocycles. The molecular formula is C13H16N2O3. The highest BCUT2D eigenvalue weighted by molar-refractivity contribution is 5.83. The summed E-state index contributed by atoms with van der Waals surface area (Å²) in [5, 5.41) is 2.82. The molecule has 5 heteroatoms. The lowest BCUT2D eigenvalue weighted by Gasteiger charge is -2.16. The number of benzene rings is 1. The Labute approximate surface area is 106 Å². The van der Waals surface area contributed by atoms with Crippen molar-refractivity contribution in [1.29, 1.82) is 0 Å². The van der Waals surface area contributed by atoms with Gasteiger partial charge in [0.25, 0.3) is 0 Å². The number of nitrogens with one attached hydrogen (secondary N) is 1. The van der Waals surface area contributed by atoms with Crippen molar-refractivity contribution in [3.8, 4) is 5.75 Å². The van der Waals surface area contributed by atoms with Crippen LogP contribution >= 0.6 is 0 Å². The maximum atomic E-state index is 11.7. The molecular weight excluding hydrogens is 232 g/mol. The van der Waals surface area contributed by atoms with Gasteiger partial charge in [0.2, 0.25) is 5.91 Å². The van der Waals surface area contributed by atoms with Crippen molar-refractivity contribution < 1.29 is 14.3 Å². The summed E-state index contributed by atoms with van der Waals surface area (Å²) >= 11 is 0. The van der Waals surface area contributed by atoms with E-state index in [1.54, 1.807) is 24.3 Å². The van der Waals surface area contributed by atoms with Crippen LogP contribution < -0.4 is 10.1 Å². The maximum absolute atomic E-state index is 11.7. The minimum absolute atomic E-state index is 0.0160. The number of carbonyl (C=O) groups is 2. The quantitative estimate of drug-likeness (QED) is 0.876. The van der Waals surface area contributed by atoms with Gasteiger partial charge in [-0.05, 0) is 25.0 Å². The molecule has 0 atom stereocenters. The third-order valence-corrected chi connectivity index (χ3v) is 2.58. The Kier molecular flexibility index (Phi) is 3.82. The molecule has 96 valence electrons. The van der Waals surface area contributed by atoms with Crippen LogP contribution in [0.2, 0.25) is 0 Å². The molecule has 0 aromatic heterocycles. The maximum Gasteiger partial charge on any atom is 0.415 e. The highest BCUT2D eigenvalue weighted by atomic mass is 16.6. The van der Waals surface area contributed by atoms with Gasteiger partial charge in [-0.2, -0.15) is 0 Å². The van der Waals surface area contributed by atoms with E-state index in [1.807, 2.05) is 6.07 Å². The molecule has 0 bridgehead atoms. The van der Waals surface area contributed by atoms with Crippen molar-refractivity contribution in [2.24, 2.45) is 0 Å². The molecule has 1 aliphatic carbocycles. The van der Waals surface area contributed by atoms with E-state index in [1.165, 1.54) is 11.9 Å². The van der Waals surface area contributed by atoms with Gasteiger partial charge in [-0.3, -0.25) is 4.79 Å². The fourth-order valence-electron chi connectivity index (χ4n) is 1.45. The predicted octanol–water partition coefficient (Wildman–Crippen LogP) is 1.40. The van der Waals surface area contributed by atoms with Gasteiger partial charge in [-0.25, -0.2) is 4.79 Å². The molecule has 1 aromatic carbocycles. The van der Waals surface area contributed by atoms with Crippen LogP contribution in [-0.4, -0.2) is 36.5 Å². The first-order chi connectivity index (χ1) is 8.65. The molecule has 0 saturated heterocycles. The standard InChI is InChI=1S/C13H16N2O3/c1-15(9-12(16)14-10-7-8-10)13(17)18-11-5-3-2-4-6-11/h2-6,10H,7-9H2,1H3,(H,14,16). The third-order valence-electron chi connectivity index (χ3n) is 2.58. The van der Waals surface area contributed by atoms with Crippen molar-refractivity contribution in [3.63, 3.8) is 0 Å². The molecule has 5 nitrogen and oxygen atoms in total. The van der Waals surface area contributed by atoms with E-state index >= 15 is 0 Å². The van der Waals surface area contributed by atoms with Gasteiger partial charge in [0.15, 0.2) is 0 Å². The predicted molar refractivity (Wildman–Crippen MR) is 66.3 cm³/mol. The minimum atomic E-state index is -0.535. The van der Waals surface area contributed by atoms with Gasteiger partial charge >= 0.3 is 6.09 Å². The second kappa shape index (κ2) is 5.53. The molecule has 1 fully saturated rings. The van der Waals surface area contributed by atoms with Gasteiger partial charge in [0.05, 0.1) is 0 Å². The van der Waals surface area contributed by atoms with Crippen molar-refractivity contribution in [2.75, 3.05) is 13.6 Å². The molecule has 2 amide bonds. The Morgan fingerprint density at radius 1 is 1.33 bits per heavy atom. The van der Waals surface area contributed by atoms with Crippen molar-refractivity contribution in [2.45, 2.75) is 18.9 Å². The number of rotatable bonds is 4. The van der Waals surface area contributed by atoms with Crippen LogP contribution in [0.3, 0.4) is 0 Å². The second-order valence-electron chi connectivity index (χ2n) is 4.38. The molecule has 0 spiro atoms. The number of para-hydroxylation sites is 1. The Morgan fingerprint density at radius 2 is 2.00 bits per heavy atom. The average Bonchev–Trinajstić information content (AvgIpc) is 3.14. The van der Waals surface area contributed by atoms with E-state index in [0.717, 1.165) is 12.8 Å². The lowest BCUT2D eigenvalue weighted by molar-refractivity contribution is -0.121. The summed E-state index contributed by atoms with van der Waals surface area (Å²) in [4.78, 5) is 24.4. The largest absolute Gasteiger partial charge is 0.415 e. The molecule has 1 aliphatic rings. The van der Waals surface area contributed by atoms with E-state index < -0.39 is 6.09 Å². The monoisotopic (exact) mass is 248 g/mol. The SMILES string of the molecule is CN(CC(=O)NC1CC1)C(=O)Oc1ccccc1. The number of likely N-dealkylation sites (N-methyl/N-ethyl adjacent to an activating group) is 1. The van der Waals surface area contributed by atoms with Crippen LogP contribution in [0.15, 0.2) is 30.3 Å². The van der Waals surface area contributed by atoms with Crippen LogP contribution in [0.1, 0.15) is 12.8 Å². The molecule has 18 heavy (non-hydrogen) atoms. The fraction of sp³-hybridized carbons (Fsp3) is 0.385. The lowest BCUT2D eigenvalue weighted by atomic mass is 10.3. The fourth-order valence-corrected chi connectivity index (χ4v) is 1.45. The molecule has 2 rings (SSSR count). The number of nitrogens with zero attached hydrogens (tertiary/aromatic N) is 1. The van der Waals surface area contributed by atoms with Gasteiger partial charge < -0.3 is 15.0 Å². The molecule has 1 saturated carbocycles. The Morgan fingerprint density at radius 3 is 2.61 bits per heavy atom. The summed E-state index contributed by atoms with van der Waals surface area (Å²) in [5.41, 5.74) is 0. The van der Waals surface area contributed by atoms with Gasteiger partial charge in [0.1, 0.15) is 12.3 Å². The summed E-state index contributed by atoms with van der Waals surface area (Å²) in [6.07, 6.45) is 1.53. The average molecular weight is 248 g/mol. The van der Waals surface area contributed by atoms with Crippen molar-refractivity contribution in [3.05, 3.63) is 30.3 Å². The highest BCUT2D eigenvalue weighted by Gasteiger charge is 2.24. The molecule has 1 aromatic rings. The normalized spacial score (nSPS) is 13.8. The Bertz CT molecular complexity index is 429. The van der Waals surface area contributed by atoms with E-state index in [0.29, 0.717) is 11.8 Å². The lowest BCUT2D eigenvalue weighted by Crippen LogP contribution is -2.40. The van der Waals surface area contributed by atoms with Crippen LogP contribution in [-0.2, 0) is 4.79 Å². The zero-order valence-electron chi connectivity index (χ0n) is 10.3. The van der Waals surface area contributed by atoms with E-state index in [4.69, 9.17) is 4.74 Å². The first-order valence-corrected chi connectivity index (χ1v) is 5.92. The van der Waals surface area contributed by atoms with Crippen LogP contribution in [0, 0.1) is 0 Å². The van der Waals surface area contributed by atoms with Crippen LogP contribution in [0.5, 0.6) is 5.75 Å². The molecule has 0 aliphatic heterocycles. The number of carbonyl (C=O) groups excluding carboxylic acids is 2. The summed E-state index contributed by atoms with van der Waals surface area (Å²) in [5.74, 6) is 0.321. The molecule has 0 radical (unpaired) electrons. The highest BCUT2D eigenvalue weighted by Crippen LogP contribution is 2.18. The third kappa shape index (κ3) is 3.76. The number of ether oxygens (including phenoxy) is 1. The summed E-state index contributed by atoms with van der Waals surface area (Å²) in [6, 6.07) is 9.08. The van der Waals surface area contributed by atoms with Crippen LogP contribution in [0.25, 0.3) is 0 Å². The molecule has 1 N–H and O–H groups in total. The smallest absolute Gasteiger partial charge is 0.410 e. The van der Waals surface area contributed by atoms with E-state index in [2.05, 4.69) is 5.32 Å². The summed E-state index contributed by atoms with van der Waals surface area (Å²) < 4.78 is 5.10. The molecule has 0 unspecified atom stereocenters.